The lowest BCUT2D eigenvalue weighted by Crippen LogP contribution is -2.16. The third-order valence-electron chi connectivity index (χ3n) is 3.78. The Kier molecular flexibility index (Phi) is 4.67. The Morgan fingerprint density at radius 2 is 1.88 bits per heavy atom. The number of rotatable bonds is 4. The average Bonchev–Trinajstić information content (AvgIpc) is 2.93. The van der Waals surface area contributed by atoms with E-state index in [2.05, 4.69) is 10.3 Å². The van der Waals surface area contributed by atoms with Crippen molar-refractivity contribution in [2.24, 2.45) is 0 Å². The molecule has 1 amide bonds. The number of hydrogen-bond donors (Lipinski definition) is 1. The van der Waals surface area contributed by atoms with Crippen LogP contribution in [0.2, 0.25) is 5.02 Å². The number of anilines is 1. The molecule has 1 N–H and O–H groups in total. The van der Waals surface area contributed by atoms with Crippen molar-refractivity contribution in [3.8, 4) is 11.5 Å². The van der Waals surface area contributed by atoms with Gasteiger partial charge in [-0.05, 0) is 43.7 Å². The van der Waals surface area contributed by atoms with E-state index < -0.39 is 0 Å². The van der Waals surface area contributed by atoms with E-state index in [4.69, 9.17) is 16.0 Å². The van der Waals surface area contributed by atoms with Gasteiger partial charge < -0.3 is 9.73 Å². The molecule has 122 valence electrons. The van der Waals surface area contributed by atoms with Crippen LogP contribution in [-0.2, 0) is 11.2 Å². The number of aryl methyl sites for hydroxylation is 1. The average molecular weight is 341 g/mol. The third kappa shape index (κ3) is 3.49. The molecule has 0 fully saturated rings. The lowest BCUT2D eigenvalue weighted by atomic mass is 10.2. The smallest absolute Gasteiger partial charge is 0.230 e. The summed E-state index contributed by atoms with van der Waals surface area (Å²) in [5.41, 5.74) is 3.07. The largest absolute Gasteiger partial charge is 0.441 e. The summed E-state index contributed by atoms with van der Waals surface area (Å²) in [4.78, 5) is 16.8. The van der Waals surface area contributed by atoms with E-state index in [1.807, 2.05) is 50.2 Å². The van der Waals surface area contributed by atoms with Gasteiger partial charge in [0, 0.05) is 16.3 Å². The van der Waals surface area contributed by atoms with E-state index in [1.54, 1.807) is 12.1 Å². The highest BCUT2D eigenvalue weighted by atomic mass is 35.5. The second kappa shape index (κ2) is 6.89. The second-order valence-corrected chi connectivity index (χ2v) is 5.93. The molecule has 0 saturated heterocycles. The summed E-state index contributed by atoms with van der Waals surface area (Å²) in [5, 5.41) is 3.49. The van der Waals surface area contributed by atoms with Gasteiger partial charge >= 0.3 is 0 Å². The first-order chi connectivity index (χ1) is 11.5. The lowest BCUT2D eigenvalue weighted by molar-refractivity contribution is -0.115. The summed E-state index contributed by atoms with van der Waals surface area (Å²) in [5.74, 6) is 1.01. The fraction of sp³-hybridized carbons (Fsp3) is 0.158. The van der Waals surface area contributed by atoms with Crippen molar-refractivity contribution in [2.75, 3.05) is 5.32 Å². The van der Waals surface area contributed by atoms with Crippen LogP contribution < -0.4 is 5.32 Å². The highest BCUT2D eigenvalue weighted by molar-refractivity contribution is 6.31. The quantitative estimate of drug-likeness (QED) is 0.742. The first kappa shape index (κ1) is 16.3. The Hall–Kier alpha value is -2.59. The maximum Gasteiger partial charge on any atom is 0.230 e. The molecule has 24 heavy (non-hydrogen) atoms. The molecule has 0 radical (unpaired) electrons. The number of hydrogen-bond acceptors (Lipinski definition) is 3. The first-order valence-electron chi connectivity index (χ1n) is 7.61. The van der Waals surface area contributed by atoms with Gasteiger partial charge in [0.1, 0.15) is 5.76 Å². The van der Waals surface area contributed by atoms with Gasteiger partial charge in [-0.3, -0.25) is 4.79 Å². The van der Waals surface area contributed by atoms with Crippen LogP contribution in [0.15, 0.2) is 52.9 Å². The Morgan fingerprint density at radius 1 is 1.12 bits per heavy atom. The molecule has 0 aliphatic heterocycles. The summed E-state index contributed by atoms with van der Waals surface area (Å²) in [6.07, 6.45) is 0.147. The fourth-order valence-electron chi connectivity index (χ4n) is 2.39. The van der Waals surface area contributed by atoms with Crippen molar-refractivity contribution in [1.29, 1.82) is 0 Å². The standard InChI is InChI=1S/C19H17ClN2O2/c1-12-15(20)9-6-10-16(12)21-18(23)11-17-13(2)24-19(22-17)14-7-4-3-5-8-14/h3-10H,11H2,1-2H3,(H,21,23). The molecular weight excluding hydrogens is 324 g/mol. The highest BCUT2D eigenvalue weighted by Gasteiger charge is 2.15. The van der Waals surface area contributed by atoms with Crippen LogP contribution >= 0.6 is 11.6 Å². The molecule has 0 aliphatic rings. The number of nitrogens with one attached hydrogen (secondary N) is 1. The van der Waals surface area contributed by atoms with E-state index in [0.29, 0.717) is 28.1 Å². The highest BCUT2D eigenvalue weighted by Crippen LogP contribution is 2.24. The molecule has 0 saturated carbocycles. The second-order valence-electron chi connectivity index (χ2n) is 5.53. The van der Waals surface area contributed by atoms with Crippen LogP contribution in [0.5, 0.6) is 0 Å². The van der Waals surface area contributed by atoms with E-state index in [1.165, 1.54) is 0 Å². The lowest BCUT2D eigenvalue weighted by Gasteiger charge is -2.08. The monoisotopic (exact) mass is 340 g/mol. The van der Waals surface area contributed by atoms with Gasteiger partial charge in [-0.15, -0.1) is 0 Å². The van der Waals surface area contributed by atoms with Crippen LogP contribution in [0.1, 0.15) is 17.0 Å². The molecule has 0 atom stereocenters. The summed E-state index contributed by atoms with van der Waals surface area (Å²) >= 11 is 6.08. The van der Waals surface area contributed by atoms with Gasteiger partial charge in [-0.25, -0.2) is 4.98 Å². The van der Waals surface area contributed by atoms with Crippen molar-refractivity contribution in [2.45, 2.75) is 20.3 Å². The van der Waals surface area contributed by atoms with E-state index in [0.717, 1.165) is 11.1 Å². The zero-order valence-electron chi connectivity index (χ0n) is 13.5. The van der Waals surface area contributed by atoms with Crippen molar-refractivity contribution < 1.29 is 9.21 Å². The van der Waals surface area contributed by atoms with Crippen molar-refractivity contribution >= 4 is 23.2 Å². The molecule has 3 aromatic rings. The Bertz CT molecular complexity index is 872. The molecule has 0 bridgehead atoms. The number of carbonyl (C=O) groups excluding carboxylic acids is 1. The van der Waals surface area contributed by atoms with Crippen molar-refractivity contribution in [1.82, 2.24) is 4.98 Å². The summed E-state index contributed by atoms with van der Waals surface area (Å²) in [6.45, 7) is 3.68. The van der Waals surface area contributed by atoms with Crippen molar-refractivity contribution in [3.63, 3.8) is 0 Å². The maximum absolute atomic E-state index is 12.3. The normalized spacial score (nSPS) is 10.6. The molecular formula is C19H17ClN2O2. The number of amides is 1. The SMILES string of the molecule is Cc1oc(-c2ccccc2)nc1CC(=O)Nc1cccc(Cl)c1C. The fourth-order valence-corrected chi connectivity index (χ4v) is 2.56. The predicted molar refractivity (Wildman–Crippen MR) is 95.2 cm³/mol. The summed E-state index contributed by atoms with van der Waals surface area (Å²) in [7, 11) is 0. The predicted octanol–water partition coefficient (Wildman–Crippen LogP) is 4.79. The maximum atomic E-state index is 12.3. The molecule has 5 heteroatoms. The molecule has 2 aromatic carbocycles. The van der Waals surface area contributed by atoms with E-state index in [9.17, 15) is 4.79 Å². The van der Waals surface area contributed by atoms with Crippen LogP contribution in [0, 0.1) is 13.8 Å². The number of oxazole rings is 1. The zero-order valence-corrected chi connectivity index (χ0v) is 14.2. The van der Waals surface area contributed by atoms with Crippen LogP contribution in [0.3, 0.4) is 0 Å². The van der Waals surface area contributed by atoms with E-state index in [-0.39, 0.29) is 12.3 Å². The van der Waals surface area contributed by atoms with E-state index >= 15 is 0 Å². The number of carbonyl (C=O) groups is 1. The number of aromatic nitrogens is 1. The first-order valence-corrected chi connectivity index (χ1v) is 7.99. The summed E-state index contributed by atoms with van der Waals surface area (Å²) < 4.78 is 5.68. The van der Waals surface area contributed by atoms with Crippen LogP contribution in [0.4, 0.5) is 5.69 Å². The number of nitrogens with zero attached hydrogens (tertiary/aromatic N) is 1. The minimum absolute atomic E-state index is 0.147. The minimum Gasteiger partial charge on any atom is -0.441 e. The minimum atomic E-state index is -0.156. The molecule has 1 heterocycles. The van der Waals surface area contributed by atoms with Gasteiger partial charge in [0.05, 0.1) is 12.1 Å². The third-order valence-corrected chi connectivity index (χ3v) is 4.19. The molecule has 4 nitrogen and oxygen atoms in total. The molecule has 0 aliphatic carbocycles. The Labute approximate surface area is 145 Å². The van der Waals surface area contributed by atoms with Gasteiger partial charge in [0.2, 0.25) is 11.8 Å². The zero-order chi connectivity index (χ0) is 17.1. The van der Waals surface area contributed by atoms with Crippen LogP contribution in [0.25, 0.3) is 11.5 Å². The Balaban J connectivity index is 1.75. The number of halogens is 1. The van der Waals surface area contributed by atoms with Gasteiger partial charge in [0.25, 0.3) is 0 Å². The van der Waals surface area contributed by atoms with Gasteiger partial charge in [-0.1, -0.05) is 35.9 Å². The molecule has 0 unspecified atom stereocenters. The van der Waals surface area contributed by atoms with Gasteiger partial charge in [-0.2, -0.15) is 0 Å². The Morgan fingerprint density at radius 3 is 2.62 bits per heavy atom. The molecule has 1 aromatic heterocycles. The topological polar surface area (TPSA) is 55.1 Å². The number of benzene rings is 2. The summed E-state index contributed by atoms with van der Waals surface area (Å²) in [6, 6.07) is 15.0. The van der Waals surface area contributed by atoms with Crippen LogP contribution in [-0.4, -0.2) is 10.9 Å². The van der Waals surface area contributed by atoms with Crippen molar-refractivity contribution in [3.05, 3.63) is 70.6 Å². The molecule has 3 rings (SSSR count). The molecule has 0 spiro atoms. The van der Waals surface area contributed by atoms with Gasteiger partial charge in [0.15, 0.2) is 0 Å².